The highest BCUT2D eigenvalue weighted by atomic mass is 32.2. The van der Waals surface area contributed by atoms with Crippen LogP contribution in [-0.4, -0.2) is 14.7 Å². The van der Waals surface area contributed by atoms with Crippen LogP contribution in [0.2, 0.25) is 0 Å². The van der Waals surface area contributed by atoms with Crippen molar-refractivity contribution in [1.82, 2.24) is 0 Å². The van der Waals surface area contributed by atoms with Crippen molar-refractivity contribution in [3.05, 3.63) is 60.2 Å². The first kappa shape index (κ1) is 12.5. The highest BCUT2D eigenvalue weighted by Crippen LogP contribution is 2.18. The lowest BCUT2D eigenvalue weighted by Crippen LogP contribution is -2.13. The lowest BCUT2D eigenvalue weighted by Gasteiger charge is -2.08. The van der Waals surface area contributed by atoms with E-state index in [1.165, 1.54) is 6.07 Å². The van der Waals surface area contributed by atoms with E-state index in [4.69, 9.17) is 4.55 Å². The molecule has 0 spiro atoms. The van der Waals surface area contributed by atoms with Gasteiger partial charge in [0.25, 0.3) is 5.91 Å². The summed E-state index contributed by atoms with van der Waals surface area (Å²) in [6.07, 6.45) is 0. The van der Waals surface area contributed by atoms with Gasteiger partial charge >= 0.3 is 0 Å². The number of hydrogen-bond donors (Lipinski definition) is 2. The quantitative estimate of drug-likeness (QED) is 0.834. The Balaban J connectivity index is 2.25. The van der Waals surface area contributed by atoms with E-state index in [1.807, 2.05) is 6.07 Å². The Kier molecular flexibility index (Phi) is 3.86. The lowest BCUT2D eigenvalue weighted by molar-refractivity contribution is 0.102. The average molecular weight is 261 g/mol. The van der Waals surface area contributed by atoms with E-state index in [1.54, 1.807) is 42.5 Å². The number of anilines is 1. The van der Waals surface area contributed by atoms with Crippen LogP contribution in [-0.2, 0) is 11.1 Å². The van der Waals surface area contributed by atoms with E-state index in [0.29, 0.717) is 11.3 Å². The normalized spacial score (nSPS) is 11.8. The molecule has 0 aliphatic carbocycles. The molecule has 0 aromatic heterocycles. The predicted molar refractivity (Wildman–Crippen MR) is 69.9 cm³/mol. The van der Waals surface area contributed by atoms with Gasteiger partial charge in [0.2, 0.25) is 0 Å². The van der Waals surface area contributed by atoms with Crippen LogP contribution >= 0.6 is 0 Å². The van der Waals surface area contributed by atoms with Crippen molar-refractivity contribution in [2.75, 3.05) is 5.32 Å². The average Bonchev–Trinajstić information content (AvgIpc) is 2.40. The van der Waals surface area contributed by atoms with Crippen LogP contribution in [0.5, 0.6) is 0 Å². The number of carbonyl (C=O) groups is 1. The van der Waals surface area contributed by atoms with Crippen molar-refractivity contribution in [2.24, 2.45) is 0 Å². The largest absolute Gasteiger partial charge is 0.321 e. The summed E-state index contributed by atoms with van der Waals surface area (Å²) in [6, 6.07) is 15.1. The Morgan fingerprint density at radius 3 is 2.28 bits per heavy atom. The zero-order valence-electron chi connectivity index (χ0n) is 9.37. The molecule has 2 rings (SSSR count). The zero-order valence-corrected chi connectivity index (χ0v) is 10.2. The Bertz CT molecular complexity index is 584. The number of rotatable bonds is 3. The molecule has 0 bridgehead atoms. The molecule has 2 aromatic carbocycles. The lowest BCUT2D eigenvalue weighted by atomic mass is 10.2. The fourth-order valence-corrected chi connectivity index (χ4v) is 2.01. The Morgan fingerprint density at radius 1 is 1.00 bits per heavy atom. The van der Waals surface area contributed by atoms with Crippen molar-refractivity contribution in [3.8, 4) is 0 Å². The van der Waals surface area contributed by atoms with Gasteiger partial charge in [-0.15, -0.1) is 0 Å². The van der Waals surface area contributed by atoms with E-state index in [0.717, 1.165) is 0 Å². The second-order valence-electron chi connectivity index (χ2n) is 3.57. The fourth-order valence-electron chi connectivity index (χ4n) is 1.51. The van der Waals surface area contributed by atoms with Gasteiger partial charge in [-0.1, -0.05) is 30.3 Å². The summed E-state index contributed by atoms with van der Waals surface area (Å²) < 4.78 is 20.2. The Hall–Kier alpha value is -1.98. The van der Waals surface area contributed by atoms with Crippen LogP contribution in [0.3, 0.4) is 0 Å². The topological polar surface area (TPSA) is 66.4 Å². The van der Waals surface area contributed by atoms with Gasteiger partial charge in [0.15, 0.2) is 11.1 Å². The summed E-state index contributed by atoms with van der Waals surface area (Å²) in [4.78, 5) is 12.1. The first-order valence-electron chi connectivity index (χ1n) is 5.25. The van der Waals surface area contributed by atoms with Crippen molar-refractivity contribution in [3.63, 3.8) is 0 Å². The van der Waals surface area contributed by atoms with Crippen LogP contribution in [0.25, 0.3) is 0 Å². The molecular weight excluding hydrogens is 250 g/mol. The first-order chi connectivity index (χ1) is 8.68. The summed E-state index contributed by atoms with van der Waals surface area (Å²) in [5.41, 5.74) is 0.836. The third-order valence-electron chi connectivity index (χ3n) is 2.36. The minimum absolute atomic E-state index is 0.182. The number of nitrogens with one attached hydrogen (secondary N) is 1. The van der Waals surface area contributed by atoms with E-state index in [2.05, 4.69) is 5.32 Å². The van der Waals surface area contributed by atoms with Crippen molar-refractivity contribution >= 4 is 22.7 Å². The van der Waals surface area contributed by atoms with Gasteiger partial charge in [0, 0.05) is 5.56 Å². The molecule has 2 aromatic rings. The monoisotopic (exact) mass is 261 g/mol. The van der Waals surface area contributed by atoms with Crippen molar-refractivity contribution in [1.29, 1.82) is 0 Å². The van der Waals surface area contributed by atoms with Crippen LogP contribution in [0.15, 0.2) is 59.5 Å². The van der Waals surface area contributed by atoms with Gasteiger partial charge in [-0.25, -0.2) is 4.21 Å². The Morgan fingerprint density at radius 2 is 1.61 bits per heavy atom. The Labute approximate surface area is 107 Å². The molecule has 0 radical (unpaired) electrons. The molecule has 18 heavy (non-hydrogen) atoms. The highest BCUT2D eigenvalue weighted by Gasteiger charge is 2.11. The maximum Gasteiger partial charge on any atom is 0.255 e. The standard InChI is InChI=1S/C13H11NO3S/c15-13(10-6-2-1-3-7-10)14-11-8-4-5-9-12(11)18(16)17/h1-9H,(H,14,15)(H,16,17). The highest BCUT2D eigenvalue weighted by molar-refractivity contribution is 7.79. The second-order valence-corrected chi connectivity index (χ2v) is 4.50. The van der Waals surface area contributed by atoms with Gasteiger partial charge < -0.3 is 9.87 Å². The third-order valence-corrected chi connectivity index (χ3v) is 3.09. The van der Waals surface area contributed by atoms with E-state index in [9.17, 15) is 9.00 Å². The van der Waals surface area contributed by atoms with Gasteiger partial charge in [0.1, 0.15) is 0 Å². The molecule has 92 valence electrons. The maximum atomic E-state index is 11.9. The maximum absolute atomic E-state index is 11.9. The predicted octanol–water partition coefficient (Wildman–Crippen LogP) is 2.52. The molecule has 4 nitrogen and oxygen atoms in total. The molecule has 5 heteroatoms. The molecular formula is C13H11NO3S. The molecule has 1 unspecified atom stereocenters. The molecule has 0 saturated carbocycles. The molecule has 1 amide bonds. The van der Waals surface area contributed by atoms with Gasteiger partial charge in [0.05, 0.1) is 10.6 Å². The molecule has 0 heterocycles. The molecule has 0 aliphatic heterocycles. The summed E-state index contributed by atoms with van der Waals surface area (Å²) in [7, 11) is 0. The number of carbonyl (C=O) groups excluding carboxylic acids is 1. The summed E-state index contributed by atoms with van der Waals surface area (Å²) >= 11 is -2.13. The molecule has 1 atom stereocenters. The number of benzene rings is 2. The molecule has 0 aliphatic rings. The first-order valence-corrected chi connectivity index (χ1v) is 6.35. The summed E-state index contributed by atoms with van der Waals surface area (Å²) in [6.45, 7) is 0. The van der Waals surface area contributed by atoms with Crippen LogP contribution in [0.4, 0.5) is 5.69 Å². The van der Waals surface area contributed by atoms with Crippen LogP contribution in [0, 0.1) is 0 Å². The smallest absolute Gasteiger partial charge is 0.255 e. The number of para-hydroxylation sites is 1. The minimum atomic E-state index is -2.13. The third kappa shape index (κ3) is 2.82. The van der Waals surface area contributed by atoms with E-state index < -0.39 is 11.1 Å². The van der Waals surface area contributed by atoms with Crippen LogP contribution in [0.1, 0.15) is 10.4 Å². The van der Waals surface area contributed by atoms with Crippen molar-refractivity contribution in [2.45, 2.75) is 4.90 Å². The number of hydrogen-bond acceptors (Lipinski definition) is 2. The molecule has 0 fully saturated rings. The molecule has 0 saturated heterocycles. The SMILES string of the molecule is O=C(Nc1ccccc1S(=O)O)c1ccccc1. The van der Waals surface area contributed by atoms with Crippen LogP contribution < -0.4 is 5.32 Å². The summed E-state index contributed by atoms with van der Waals surface area (Å²) in [5.74, 6) is -0.312. The van der Waals surface area contributed by atoms with Crippen molar-refractivity contribution < 1.29 is 13.6 Å². The van der Waals surface area contributed by atoms with E-state index in [-0.39, 0.29) is 10.8 Å². The van der Waals surface area contributed by atoms with Gasteiger partial charge in [-0.3, -0.25) is 4.79 Å². The second kappa shape index (κ2) is 5.57. The minimum Gasteiger partial charge on any atom is -0.321 e. The molecule has 2 N–H and O–H groups in total. The van der Waals surface area contributed by atoms with Gasteiger partial charge in [-0.05, 0) is 24.3 Å². The zero-order chi connectivity index (χ0) is 13.0. The summed E-state index contributed by atoms with van der Waals surface area (Å²) in [5, 5.41) is 2.62. The van der Waals surface area contributed by atoms with Gasteiger partial charge in [-0.2, -0.15) is 0 Å². The van der Waals surface area contributed by atoms with E-state index >= 15 is 0 Å². The fraction of sp³-hybridized carbons (Fsp3) is 0. The number of amides is 1.